The van der Waals surface area contributed by atoms with E-state index in [1.165, 1.54) is 4.68 Å². The number of hydrogen-bond donors (Lipinski definition) is 0. The molecule has 0 N–H and O–H groups in total. The Balaban J connectivity index is 0.00000109. The lowest BCUT2D eigenvalue weighted by Gasteiger charge is -2.15. The normalized spacial score (nSPS) is 11.8. The summed E-state index contributed by atoms with van der Waals surface area (Å²) in [6, 6.07) is 9.24. The van der Waals surface area contributed by atoms with Gasteiger partial charge in [-0.15, -0.1) is 0 Å². The molecule has 1 unspecified atom stereocenters. The predicted molar refractivity (Wildman–Crippen MR) is 103 cm³/mol. The molecule has 3 aromatic rings. The Bertz CT molecular complexity index is 886. The Labute approximate surface area is 153 Å². The Morgan fingerprint density at radius 3 is 2.64 bits per heavy atom. The topological polar surface area (TPSA) is 47.8 Å². The van der Waals surface area contributed by atoms with E-state index in [0.717, 1.165) is 23.2 Å². The molecular weight excluding hydrogens is 334 g/mol. The molecule has 2 heterocycles. The predicted octanol–water partition coefficient (Wildman–Crippen LogP) is 5.62. The zero-order chi connectivity index (χ0) is 18.6. The SMILES string of the molecule is CC.CCC(C)c1cccc(Cl)c1C(=O)n1nc(C)c2ncccc21. The van der Waals surface area contributed by atoms with Crippen molar-refractivity contribution < 1.29 is 4.79 Å². The van der Waals surface area contributed by atoms with Crippen LogP contribution in [0.15, 0.2) is 36.5 Å². The van der Waals surface area contributed by atoms with E-state index in [9.17, 15) is 4.79 Å². The summed E-state index contributed by atoms with van der Waals surface area (Å²) in [6.45, 7) is 10.0. The third-order valence-corrected chi connectivity index (χ3v) is 4.52. The van der Waals surface area contributed by atoms with Crippen LogP contribution in [0.2, 0.25) is 5.02 Å². The lowest BCUT2D eigenvalue weighted by Crippen LogP contribution is -2.17. The third kappa shape index (κ3) is 3.59. The Kier molecular flexibility index (Phi) is 6.32. The Hall–Kier alpha value is -2.20. The van der Waals surface area contributed by atoms with Gasteiger partial charge in [-0.1, -0.05) is 51.4 Å². The van der Waals surface area contributed by atoms with Crippen molar-refractivity contribution in [1.82, 2.24) is 14.8 Å². The molecule has 0 radical (unpaired) electrons. The summed E-state index contributed by atoms with van der Waals surface area (Å²) in [5.74, 6) is 0.0331. The molecule has 25 heavy (non-hydrogen) atoms. The first-order valence-corrected chi connectivity index (χ1v) is 9.05. The first-order valence-electron chi connectivity index (χ1n) is 8.68. The van der Waals surface area contributed by atoms with E-state index in [1.54, 1.807) is 18.3 Å². The number of carbonyl (C=O) groups excluding carboxylic acids is 1. The molecule has 0 spiro atoms. The minimum absolute atomic E-state index is 0.211. The highest BCUT2D eigenvalue weighted by Gasteiger charge is 2.23. The maximum atomic E-state index is 13.1. The van der Waals surface area contributed by atoms with Gasteiger partial charge in [-0.3, -0.25) is 9.78 Å². The summed E-state index contributed by atoms with van der Waals surface area (Å²) in [7, 11) is 0. The molecule has 1 aromatic carbocycles. The highest BCUT2D eigenvalue weighted by Crippen LogP contribution is 2.29. The van der Waals surface area contributed by atoms with Gasteiger partial charge in [0.1, 0.15) is 5.52 Å². The summed E-state index contributed by atoms with van der Waals surface area (Å²) in [4.78, 5) is 17.4. The lowest BCUT2D eigenvalue weighted by atomic mass is 9.93. The van der Waals surface area contributed by atoms with E-state index in [1.807, 2.05) is 39.0 Å². The molecule has 5 heteroatoms. The smallest absolute Gasteiger partial charge is 0.267 e. The number of pyridine rings is 1. The molecule has 2 aromatic heterocycles. The van der Waals surface area contributed by atoms with Crippen molar-refractivity contribution in [2.45, 2.75) is 47.0 Å². The van der Waals surface area contributed by atoms with Gasteiger partial charge in [0, 0.05) is 6.20 Å². The third-order valence-electron chi connectivity index (χ3n) is 4.20. The Morgan fingerprint density at radius 1 is 1.24 bits per heavy atom. The van der Waals surface area contributed by atoms with E-state index in [4.69, 9.17) is 11.6 Å². The van der Waals surface area contributed by atoms with Crippen LogP contribution >= 0.6 is 11.6 Å². The van der Waals surface area contributed by atoms with Gasteiger partial charge >= 0.3 is 0 Å². The zero-order valence-corrected chi connectivity index (χ0v) is 16.1. The summed E-state index contributed by atoms with van der Waals surface area (Å²) in [5, 5.41) is 4.84. The maximum Gasteiger partial charge on any atom is 0.280 e. The number of rotatable bonds is 3. The molecule has 0 aliphatic heterocycles. The van der Waals surface area contributed by atoms with Crippen LogP contribution in [0.1, 0.15) is 61.6 Å². The number of nitrogens with zero attached hydrogens (tertiary/aromatic N) is 3. The molecule has 0 aliphatic carbocycles. The Morgan fingerprint density at radius 2 is 1.96 bits per heavy atom. The molecular formula is C20H24ClN3O. The van der Waals surface area contributed by atoms with Gasteiger partial charge in [-0.25, -0.2) is 0 Å². The maximum absolute atomic E-state index is 13.1. The monoisotopic (exact) mass is 357 g/mol. The average molecular weight is 358 g/mol. The lowest BCUT2D eigenvalue weighted by molar-refractivity contribution is 0.0949. The highest BCUT2D eigenvalue weighted by molar-refractivity contribution is 6.34. The average Bonchev–Trinajstić information content (AvgIpc) is 2.99. The van der Waals surface area contributed by atoms with Crippen molar-refractivity contribution in [2.24, 2.45) is 0 Å². The van der Waals surface area contributed by atoms with Crippen molar-refractivity contribution in [3.63, 3.8) is 0 Å². The molecule has 0 bridgehead atoms. The van der Waals surface area contributed by atoms with Crippen LogP contribution < -0.4 is 0 Å². The molecule has 0 fully saturated rings. The standard InChI is InChI=1S/C18H18ClN3O.C2H6/c1-4-11(2)13-7-5-8-14(19)16(13)18(23)22-15-9-6-10-20-17(15)12(3)21-22;1-2/h5-11H,4H2,1-3H3;1-2H3. The van der Waals surface area contributed by atoms with Gasteiger partial charge < -0.3 is 0 Å². The van der Waals surface area contributed by atoms with Crippen molar-refractivity contribution in [3.8, 4) is 0 Å². The zero-order valence-electron chi connectivity index (χ0n) is 15.4. The second kappa shape index (κ2) is 8.26. The van der Waals surface area contributed by atoms with Crippen molar-refractivity contribution in [2.75, 3.05) is 0 Å². The van der Waals surface area contributed by atoms with Crippen molar-refractivity contribution in [3.05, 3.63) is 58.4 Å². The van der Waals surface area contributed by atoms with Gasteiger partial charge in [0.2, 0.25) is 0 Å². The number of aromatic nitrogens is 3. The number of benzene rings is 1. The van der Waals surface area contributed by atoms with Crippen LogP contribution in [0.3, 0.4) is 0 Å². The molecule has 1 atom stereocenters. The summed E-state index contributed by atoms with van der Waals surface area (Å²) in [6.07, 6.45) is 2.63. The quantitative estimate of drug-likeness (QED) is 0.611. The van der Waals surface area contributed by atoms with Gasteiger partial charge in [0.25, 0.3) is 5.91 Å². The largest absolute Gasteiger partial charge is 0.280 e. The second-order valence-corrected chi connectivity index (χ2v) is 6.09. The molecule has 0 saturated heterocycles. The fraction of sp³-hybridized carbons (Fsp3) is 0.350. The van der Waals surface area contributed by atoms with E-state index in [2.05, 4.69) is 23.9 Å². The van der Waals surface area contributed by atoms with Crippen LogP contribution in [0.4, 0.5) is 0 Å². The molecule has 0 amide bonds. The minimum atomic E-state index is -0.211. The van der Waals surface area contributed by atoms with Gasteiger partial charge in [0.05, 0.1) is 21.8 Å². The first kappa shape index (κ1) is 19.1. The number of fused-ring (bicyclic) bond motifs is 1. The fourth-order valence-electron chi connectivity index (χ4n) is 2.76. The van der Waals surface area contributed by atoms with Crippen molar-refractivity contribution >= 4 is 28.5 Å². The number of aryl methyl sites for hydroxylation is 1. The van der Waals surface area contributed by atoms with Crippen LogP contribution in [-0.2, 0) is 0 Å². The number of halogens is 1. The summed E-state index contributed by atoms with van der Waals surface area (Å²) < 4.78 is 1.41. The highest BCUT2D eigenvalue weighted by atomic mass is 35.5. The molecule has 3 rings (SSSR count). The summed E-state index contributed by atoms with van der Waals surface area (Å²) >= 11 is 6.36. The molecule has 0 saturated carbocycles. The van der Waals surface area contributed by atoms with Gasteiger partial charge in [0.15, 0.2) is 0 Å². The summed E-state index contributed by atoms with van der Waals surface area (Å²) in [5.41, 5.74) is 3.64. The van der Waals surface area contributed by atoms with Crippen LogP contribution in [0.25, 0.3) is 11.0 Å². The van der Waals surface area contributed by atoms with E-state index in [0.29, 0.717) is 16.1 Å². The first-order chi connectivity index (χ1) is 12.0. The van der Waals surface area contributed by atoms with Crippen LogP contribution in [0, 0.1) is 6.92 Å². The van der Waals surface area contributed by atoms with Crippen LogP contribution in [0.5, 0.6) is 0 Å². The second-order valence-electron chi connectivity index (χ2n) is 5.69. The molecule has 4 nitrogen and oxygen atoms in total. The van der Waals surface area contributed by atoms with Gasteiger partial charge in [-0.05, 0) is 43.0 Å². The number of hydrogen-bond acceptors (Lipinski definition) is 3. The fourth-order valence-corrected chi connectivity index (χ4v) is 3.02. The van der Waals surface area contributed by atoms with Crippen molar-refractivity contribution in [1.29, 1.82) is 0 Å². The van der Waals surface area contributed by atoms with Crippen LogP contribution in [-0.4, -0.2) is 20.7 Å². The molecule has 132 valence electrons. The van der Waals surface area contributed by atoms with E-state index >= 15 is 0 Å². The minimum Gasteiger partial charge on any atom is -0.267 e. The van der Waals surface area contributed by atoms with E-state index < -0.39 is 0 Å². The number of carbonyl (C=O) groups is 1. The van der Waals surface area contributed by atoms with Gasteiger partial charge in [-0.2, -0.15) is 9.78 Å². The molecule has 0 aliphatic rings. The van der Waals surface area contributed by atoms with E-state index in [-0.39, 0.29) is 11.8 Å².